The molecule has 0 amide bonds. The third-order valence-corrected chi connectivity index (χ3v) is 1.94. The van der Waals surface area contributed by atoms with Crippen molar-refractivity contribution in [3.8, 4) is 6.07 Å². The Morgan fingerprint density at radius 3 is 2.21 bits per heavy atom. The summed E-state index contributed by atoms with van der Waals surface area (Å²) in [6.45, 7) is -0.0722. The van der Waals surface area contributed by atoms with Gasteiger partial charge < -0.3 is 15.3 Å². The van der Waals surface area contributed by atoms with Crippen molar-refractivity contribution in [1.82, 2.24) is 0 Å². The highest BCUT2D eigenvalue weighted by atomic mass is 16.3. The number of hydrogen-bond acceptors (Lipinski definition) is 4. The number of hydrogen-bond donors (Lipinski definition) is 3. The highest BCUT2D eigenvalue weighted by Gasteiger charge is 2.16. The summed E-state index contributed by atoms with van der Waals surface area (Å²) in [4.78, 5) is 0. The molecule has 0 aliphatic rings. The van der Waals surface area contributed by atoms with Gasteiger partial charge in [-0.15, -0.1) is 0 Å². The molecule has 0 saturated heterocycles. The lowest BCUT2D eigenvalue weighted by molar-refractivity contribution is 0.0528. The highest BCUT2D eigenvalue weighted by Crippen LogP contribution is 2.17. The van der Waals surface area contributed by atoms with E-state index in [0.717, 1.165) is 0 Å². The minimum atomic E-state index is -1.42. The number of benzene rings is 1. The molecule has 0 bridgehead atoms. The zero-order valence-electron chi connectivity index (χ0n) is 7.46. The van der Waals surface area contributed by atoms with Crippen LogP contribution in [0.1, 0.15) is 17.2 Å². The first-order valence-electron chi connectivity index (χ1n) is 4.14. The van der Waals surface area contributed by atoms with Gasteiger partial charge in [0.2, 0.25) is 0 Å². The quantitative estimate of drug-likeness (QED) is 0.594. The standard InChI is InChI=1S/C10H11NO3/c11-5-9(13)10(14)8-3-1-7(6-12)2-4-8/h1-4,9-10,12-14H,6H2. The number of rotatable bonds is 3. The van der Waals surface area contributed by atoms with Crippen LogP contribution in [0.25, 0.3) is 0 Å². The third kappa shape index (κ3) is 2.30. The molecule has 1 aromatic carbocycles. The second-order valence-electron chi connectivity index (χ2n) is 2.92. The molecule has 2 atom stereocenters. The molecule has 0 spiro atoms. The van der Waals surface area contributed by atoms with Crippen LogP contribution in [0.4, 0.5) is 0 Å². The lowest BCUT2D eigenvalue weighted by Crippen LogP contribution is -2.15. The van der Waals surface area contributed by atoms with Gasteiger partial charge in [0, 0.05) is 0 Å². The largest absolute Gasteiger partial charge is 0.392 e. The molecule has 0 saturated carbocycles. The Morgan fingerprint density at radius 2 is 1.79 bits per heavy atom. The zero-order valence-corrected chi connectivity index (χ0v) is 7.46. The van der Waals surface area contributed by atoms with Crippen LogP contribution in [0, 0.1) is 11.3 Å². The lowest BCUT2D eigenvalue weighted by atomic mass is 10.0. The van der Waals surface area contributed by atoms with Crippen LogP contribution in [0.15, 0.2) is 24.3 Å². The maximum absolute atomic E-state index is 9.42. The monoisotopic (exact) mass is 193 g/mol. The molecule has 0 aromatic heterocycles. The van der Waals surface area contributed by atoms with Gasteiger partial charge >= 0.3 is 0 Å². The molecule has 0 heterocycles. The average Bonchev–Trinajstić information content (AvgIpc) is 2.27. The number of aliphatic hydroxyl groups excluding tert-OH is 3. The predicted molar refractivity (Wildman–Crippen MR) is 48.9 cm³/mol. The van der Waals surface area contributed by atoms with Gasteiger partial charge in [0.05, 0.1) is 12.7 Å². The summed E-state index contributed by atoms with van der Waals surface area (Å²) in [7, 11) is 0. The molecular weight excluding hydrogens is 182 g/mol. The summed E-state index contributed by atoms with van der Waals surface area (Å²) in [6, 6.07) is 7.94. The SMILES string of the molecule is N#CC(O)C(O)c1ccc(CO)cc1. The highest BCUT2D eigenvalue weighted by molar-refractivity contribution is 5.25. The molecule has 1 aromatic rings. The fourth-order valence-electron chi connectivity index (χ4n) is 1.07. The van der Waals surface area contributed by atoms with Crippen molar-refractivity contribution in [3.05, 3.63) is 35.4 Å². The summed E-state index contributed by atoms with van der Waals surface area (Å²) in [5.41, 5.74) is 1.17. The molecule has 14 heavy (non-hydrogen) atoms. The van der Waals surface area contributed by atoms with Crippen molar-refractivity contribution >= 4 is 0 Å². The van der Waals surface area contributed by atoms with E-state index in [1.165, 1.54) is 0 Å². The maximum Gasteiger partial charge on any atom is 0.170 e. The molecule has 74 valence electrons. The van der Waals surface area contributed by atoms with Gasteiger partial charge in [-0.25, -0.2) is 0 Å². The molecule has 0 aliphatic heterocycles. The minimum Gasteiger partial charge on any atom is -0.392 e. The van der Waals surface area contributed by atoms with Crippen LogP contribution in [-0.2, 0) is 6.61 Å². The Kier molecular flexibility index (Phi) is 3.60. The second-order valence-corrected chi connectivity index (χ2v) is 2.92. The number of nitrogens with zero attached hydrogens (tertiary/aromatic N) is 1. The first-order chi connectivity index (χ1) is 6.69. The van der Waals surface area contributed by atoms with Gasteiger partial charge in [-0.2, -0.15) is 5.26 Å². The molecule has 0 aliphatic carbocycles. The van der Waals surface area contributed by atoms with Crippen LogP contribution in [-0.4, -0.2) is 21.4 Å². The van der Waals surface area contributed by atoms with E-state index < -0.39 is 12.2 Å². The van der Waals surface area contributed by atoms with Crippen LogP contribution >= 0.6 is 0 Å². The predicted octanol–water partition coefficient (Wildman–Crippen LogP) is 0.0968. The lowest BCUT2D eigenvalue weighted by Gasteiger charge is -2.11. The molecule has 3 N–H and O–H groups in total. The Labute approximate surface area is 81.7 Å². The van der Waals surface area contributed by atoms with Crippen molar-refractivity contribution in [2.45, 2.75) is 18.8 Å². The van der Waals surface area contributed by atoms with Crippen molar-refractivity contribution in [2.24, 2.45) is 0 Å². The van der Waals surface area contributed by atoms with Gasteiger partial charge in [0.25, 0.3) is 0 Å². The van der Waals surface area contributed by atoms with Crippen LogP contribution in [0.3, 0.4) is 0 Å². The van der Waals surface area contributed by atoms with Crippen LogP contribution < -0.4 is 0 Å². The first-order valence-corrected chi connectivity index (χ1v) is 4.14. The van der Waals surface area contributed by atoms with Crippen LogP contribution in [0.5, 0.6) is 0 Å². The van der Waals surface area contributed by atoms with Gasteiger partial charge in [-0.05, 0) is 11.1 Å². The zero-order chi connectivity index (χ0) is 10.6. The van der Waals surface area contributed by atoms with Crippen molar-refractivity contribution in [2.75, 3.05) is 0 Å². The Hall–Kier alpha value is -1.41. The van der Waals surface area contributed by atoms with Crippen molar-refractivity contribution in [3.63, 3.8) is 0 Å². The average molecular weight is 193 g/mol. The summed E-state index contributed by atoms with van der Waals surface area (Å²) in [5, 5.41) is 35.6. The second kappa shape index (κ2) is 4.72. The van der Waals surface area contributed by atoms with Gasteiger partial charge in [0.1, 0.15) is 6.10 Å². The Morgan fingerprint density at radius 1 is 1.21 bits per heavy atom. The first kappa shape index (κ1) is 10.7. The van der Waals surface area contributed by atoms with Crippen LogP contribution in [0.2, 0.25) is 0 Å². The number of nitriles is 1. The topological polar surface area (TPSA) is 84.5 Å². The maximum atomic E-state index is 9.42. The van der Waals surface area contributed by atoms with Crippen molar-refractivity contribution in [1.29, 1.82) is 5.26 Å². The van der Waals surface area contributed by atoms with E-state index in [1.807, 2.05) is 0 Å². The summed E-state index contributed by atoms with van der Waals surface area (Å²) >= 11 is 0. The Bertz CT molecular complexity index is 328. The molecular formula is C10H11NO3. The Balaban J connectivity index is 2.82. The smallest absolute Gasteiger partial charge is 0.170 e. The van der Waals surface area contributed by atoms with E-state index in [9.17, 15) is 5.11 Å². The molecule has 4 heteroatoms. The normalized spacial score (nSPS) is 14.4. The molecule has 0 radical (unpaired) electrons. The summed E-state index contributed by atoms with van der Waals surface area (Å²) in [5.74, 6) is 0. The van der Waals surface area contributed by atoms with E-state index in [0.29, 0.717) is 11.1 Å². The van der Waals surface area contributed by atoms with Crippen molar-refractivity contribution < 1.29 is 15.3 Å². The van der Waals surface area contributed by atoms with Gasteiger partial charge in [-0.3, -0.25) is 0 Å². The van der Waals surface area contributed by atoms with Gasteiger partial charge in [-0.1, -0.05) is 24.3 Å². The molecule has 1 rings (SSSR count). The van der Waals surface area contributed by atoms with E-state index in [4.69, 9.17) is 15.5 Å². The fourth-order valence-corrected chi connectivity index (χ4v) is 1.07. The molecule has 2 unspecified atom stereocenters. The van der Waals surface area contributed by atoms with E-state index in [1.54, 1.807) is 30.3 Å². The number of aliphatic hydroxyl groups is 3. The third-order valence-electron chi connectivity index (χ3n) is 1.94. The summed E-state index contributed by atoms with van der Waals surface area (Å²) < 4.78 is 0. The van der Waals surface area contributed by atoms with Gasteiger partial charge in [0.15, 0.2) is 6.10 Å². The fraction of sp³-hybridized carbons (Fsp3) is 0.300. The molecule has 4 nitrogen and oxygen atoms in total. The van der Waals surface area contributed by atoms with E-state index in [-0.39, 0.29) is 6.61 Å². The van der Waals surface area contributed by atoms with E-state index in [2.05, 4.69) is 0 Å². The summed E-state index contributed by atoms with van der Waals surface area (Å²) in [6.07, 6.45) is -2.62. The van der Waals surface area contributed by atoms with E-state index >= 15 is 0 Å². The minimum absolute atomic E-state index is 0.0722. The molecule has 0 fully saturated rings.